The van der Waals surface area contributed by atoms with Crippen LogP contribution in [0, 0.1) is 0 Å². The summed E-state index contributed by atoms with van der Waals surface area (Å²) in [6, 6.07) is 8.18. The minimum absolute atomic E-state index is 0.277. The van der Waals surface area contributed by atoms with Crippen LogP contribution in [0.3, 0.4) is 0 Å². The number of rotatable bonds is 2. The Bertz CT molecular complexity index is 795. The minimum Gasteiger partial charge on any atom is -0.484 e. The topological polar surface area (TPSA) is 97.6 Å². The van der Waals surface area contributed by atoms with Gasteiger partial charge >= 0.3 is 0 Å². The van der Waals surface area contributed by atoms with Gasteiger partial charge in [0.05, 0.1) is 0 Å². The second-order valence-electron chi connectivity index (χ2n) is 6.44. The highest BCUT2D eigenvalue weighted by Crippen LogP contribution is 2.48. The number of H-pyrrole nitrogens is 1. The molecule has 2 heterocycles. The predicted octanol–water partition coefficient (Wildman–Crippen LogP) is 2.00. The maximum Gasteiger partial charge on any atom is 0.251 e. The summed E-state index contributed by atoms with van der Waals surface area (Å²) in [6.45, 7) is 5.23. The van der Waals surface area contributed by atoms with E-state index in [4.69, 9.17) is 15.2 Å². The summed E-state index contributed by atoms with van der Waals surface area (Å²) in [6.07, 6.45) is 0.767. The van der Waals surface area contributed by atoms with Gasteiger partial charge in [-0.15, -0.1) is 0 Å². The van der Waals surface area contributed by atoms with Crippen molar-refractivity contribution in [2.45, 2.75) is 38.1 Å². The lowest BCUT2D eigenvalue weighted by molar-refractivity contribution is -0.174. The molecule has 4 N–H and O–H groups in total. The van der Waals surface area contributed by atoms with Crippen molar-refractivity contribution in [3.8, 4) is 11.5 Å². The van der Waals surface area contributed by atoms with Crippen molar-refractivity contribution >= 4 is 5.69 Å². The van der Waals surface area contributed by atoms with E-state index in [1.54, 1.807) is 45.0 Å². The monoisotopic (exact) mass is 316 g/mol. The fourth-order valence-electron chi connectivity index (χ4n) is 2.67. The molecule has 1 aliphatic heterocycles. The number of pyridine rings is 1. The fraction of sp³-hybridized carbons (Fsp3) is 0.353. The smallest absolute Gasteiger partial charge is 0.251 e. The largest absolute Gasteiger partial charge is 0.484 e. The third-order valence-corrected chi connectivity index (χ3v) is 4.41. The van der Waals surface area contributed by atoms with Crippen LogP contribution in [0.15, 0.2) is 41.3 Å². The molecule has 2 aromatic rings. The summed E-state index contributed by atoms with van der Waals surface area (Å²) in [5.41, 5.74) is 4.56. The number of hydrogen-bond acceptors (Lipinski definition) is 5. The van der Waals surface area contributed by atoms with Gasteiger partial charge in [-0.05, 0) is 45.0 Å². The lowest BCUT2D eigenvalue weighted by atomic mass is 9.77. The normalized spacial score (nSPS) is 25.3. The molecule has 0 saturated heterocycles. The standard InChI is InChI=1S/C17H20N2O4/c1-16(2)17(3,21)15(22-11-6-7-19-14(20)9-11)12-8-10(18)4-5-13(12)23-16/h4-9,15,21H,18H2,1-3H3,(H,19,20). The van der Waals surface area contributed by atoms with Crippen LogP contribution in [0.5, 0.6) is 11.5 Å². The number of benzene rings is 1. The van der Waals surface area contributed by atoms with Gasteiger partial charge in [0, 0.05) is 23.5 Å². The van der Waals surface area contributed by atoms with Crippen molar-refractivity contribution in [3.63, 3.8) is 0 Å². The number of hydrogen-bond donors (Lipinski definition) is 3. The van der Waals surface area contributed by atoms with Crippen molar-refractivity contribution in [2.75, 3.05) is 5.73 Å². The van der Waals surface area contributed by atoms with Gasteiger partial charge in [-0.25, -0.2) is 0 Å². The zero-order valence-electron chi connectivity index (χ0n) is 13.3. The van der Waals surface area contributed by atoms with Gasteiger partial charge in [0.1, 0.15) is 22.7 Å². The zero-order valence-corrected chi connectivity index (χ0v) is 13.3. The van der Waals surface area contributed by atoms with Crippen molar-refractivity contribution in [2.24, 2.45) is 0 Å². The molecule has 2 atom stereocenters. The number of nitrogens with one attached hydrogen (secondary N) is 1. The molecular formula is C17H20N2O4. The number of nitrogen functional groups attached to an aromatic ring is 1. The van der Waals surface area contributed by atoms with E-state index in [0.29, 0.717) is 22.7 Å². The summed E-state index contributed by atoms with van der Waals surface area (Å²) < 4.78 is 11.9. The summed E-state index contributed by atoms with van der Waals surface area (Å²) in [5.74, 6) is 0.968. The summed E-state index contributed by atoms with van der Waals surface area (Å²) in [4.78, 5) is 14.0. The van der Waals surface area contributed by atoms with E-state index in [0.717, 1.165) is 0 Å². The van der Waals surface area contributed by atoms with Gasteiger partial charge in [-0.1, -0.05) is 0 Å². The van der Waals surface area contributed by atoms with E-state index >= 15 is 0 Å². The van der Waals surface area contributed by atoms with Crippen LogP contribution in [0.1, 0.15) is 32.4 Å². The van der Waals surface area contributed by atoms with Crippen molar-refractivity contribution < 1.29 is 14.6 Å². The summed E-state index contributed by atoms with van der Waals surface area (Å²) in [7, 11) is 0. The Morgan fingerprint density at radius 3 is 2.70 bits per heavy atom. The Hall–Kier alpha value is -2.47. The molecule has 1 aromatic carbocycles. The average Bonchev–Trinajstić information content (AvgIpc) is 2.45. The SMILES string of the molecule is CC1(C)Oc2ccc(N)cc2C(Oc2cc[nH]c(=O)c2)C1(C)O. The number of anilines is 1. The predicted molar refractivity (Wildman–Crippen MR) is 86.6 cm³/mol. The van der Waals surface area contributed by atoms with Gasteiger partial charge < -0.3 is 25.3 Å². The highest BCUT2D eigenvalue weighted by Gasteiger charge is 2.54. The van der Waals surface area contributed by atoms with Gasteiger partial charge in [-0.3, -0.25) is 4.79 Å². The molecule has 0 bridgehead atoms. The summed E-state index contributed by atoms with van der Waals surface area (Å²) >= 11 is 0. The average molecular weight is 316 g/mol. The molecule has 6 heteroatoms. The molecular weight excluding hydrogens is 296 g/mol. The molecule has 0 saturated carbocycles. The van der Waals surface area contributed by atoms with Crippen molar-refractivity contribution in [1.82, 2.24) is 4.98 Å². The lowest BCUT2D eigenvalue weighted by Gasteiger charge is -2.48. The first-order valence-electron chi connectivity index (χ1n) is 7.37. The van der Waals surface area contributed by atoms with Gasteiger partial charge in [0.15, 0.2) is 6.10 Å². The third-order valence-electron chi connectivity index (χ3n) is 4.41. The molecule has 0 radical (unpaired) electrons. The van der Waals surface area contributed by atoms with Gasteiger partial charge in [0.2, 0.25) is 0 Å². The second-order valence-corrected chi connectivity index (χ2v) is 6.44. The molecule has 6 nitrogen and oxygen atoms in total. The van der Waals surface area contributed by atoms with Crippen LogP contribution in [0.4, 0.5) is 5.69 Å². The van der Waals surface area contributed by atoms with E-state index in [9.17, 15) is 9.90 Å². The van der Waals surface area contributed by atoms with Crippen LogP contribution in [0.25, 0.3) is 0 Å². The maximum absolute atomic E-state index is 11.5. The number of nitrogens with two attached hydrogens (primary N) is 1. The second kappa shape index (κ2) is 5.03. The maximum atomic E-state index is 11.5. The Morgan fingerprint density at radius 1 is 1.26 bits per heavy atom. The van der Waals surface area contributed by atoms with Crippen LogP contribution in [-0.4, -0.2) is 21.3 Å². The van der Waals surface area contributed by atoms with E-state index in [2.05, 4.69) is 4.98 Å². The number of aromatic amines is 1. The highest BCUT2D eigenvalue weighted by atomic mass is 16.5. The molecule has 1 aliphatic rings. The Balaban J connectivity index is 2.11. The molecule has 0 amide bonds. The number of fused-ring (bicyclic) bond motifs is 1. The lowest BCUT2D eigenvalue weighted by Crippen LogP contribution is -2.59. The van der Waals surface area contributed by atoms with Crippen LogP contribution < -0.4 is 20.8 Å². The highest BCUT2D eigenvalue weighted by molar-refractivity contribution is 5.51. The van der Waals surface area contributed by atoms with Crippen molar-refractivity contribution in [3.05, 3.63) is 52.4 Å². The Kier molecular flexibility index (Phi) is 3.37. The molecule has 1 aromatic heterocycles. The Morgan fingerprint density at radius 2 is 2.00 bits per heavy atom. The van der Waals surface area contributed by atoms with E-state index < -0.39 is 17.3 Å². The summed E-state index contributed by atoms with van der Waals surface area (Å²) in [5, 5.41) is 11.1. The molecule has 23 heavy (non-hydrogen) atoms. The van der Waals surface area contributed by atoms with Gasteiger partial charge in [-0.2, -0.15) is 0 Å². The number of aliphatic hydroxyl groups is 1. The quantitative estimate of drug-likeness (QED) is 0.736. The fourth-order valence-corrected chi connectivity index (χ4v) is 2.67. The number of ether oxygens (including phenoxy) is 2. The first-order valence-corrected chi connectivity index (χ1v) is 7.37. The minimum atomic E-state index is -1.34. The Labute approximate surface area is 133 Å². The first-order chi connectivity index (χ1) is 10.7. The van der Waals surface area contributed by atoms with E-state index in [1.165, 1.54) is 12.3 Å². The van der Waals surface area contributed by atoms with Crippen LogP contribution >= 0.6 is 0 Å². The first kappa shape index (κ1) is 15.4. The van der Waals surface area contributed by atoms with Crippen molar-refractivity contribution in [1.29, 1.82) is 0 Å². The third kappa shape index (κ3) is 2.55. The zero-order chi connectivity index (χ0) is 16.8. The molecule has 2 unspecified atom stereocenters. The molecule has 122 valence electrons. The van der Waals surface area contributed by atoms with Gasteiger partial charge in [0.25, 0.3) is 5.56 Å². The number of aromatic nitrogens is 1. The van der Waals surface area contributed by atoms with E-state index in [-0.39, 0.29) is 5.56 Å². The molecule has 0 spiro atoms. The van der Waals surface area contributed by atoms with Crippen LogP contribution in [-0.2, 0) is 0 Å². The molecule has 0 aliphatic carbocycles. The molecule has 3 rings (SSSR count). The van der Waals surface area contributed by atoms with Crippen LogP contribution in [0.2, 0.25) is 0 Å². The molecule has 0 fully saturated rings. The van der Waals surface area contributed by atoms with E-state index in [1.807, 2.05) is 0 Å².